The van der Waals surface area contributed by atoms with Crippen LogP contribution >= 0.6 is 0 Å². The van der Waals surface area contributed by atoms with Crippen LogP contribution < -0.4 is 16.0 Å². The van der Waals surface area contributed by atoms with Gasteiger partial charge in [0.05, 0.1) is 6.54 Å². The summed E-state index contributed by atoms with van der Waals surface area (Å²) < 4.78 is 0. The monoisotopic (exact) mass is 486 g/mol. The lowest BCUT2D eigenvalue weighted by Crippen LogP contribution is -2.39. The summed E-state index contributed by atoms with van der Waals surface area (Å²) in [6.45, 7) is 2.90. The highest BCUT2D eigenvalue weighted by Gasteiger charge is 2.25. The Labute approximate surface area is 212 Å². The molecule has 7 nitrogen and oxygen atoms in total. The molecule has 1 unspecified atom stereocenters. The van der Waals surface area contributed by atoms with Gasteiger partial charge in [-0.2, -0.15) is 0 Å². The Kier molecular flexibility index (Phi) is 8.66. The topological polar surface area (TPSA) is 100 Å². The summed E-state index contributed by atoms with van der Waals surface area (Å²) in [5.41, 5.74) is 5.57. The number of anilines is 1. The van der Waals surface area contributed by atoms with Crippen LogP contribution in [-0.4, -0.2) is 35.7 Å². The highest BCUT2D eigenvalue weighted by atomic mass is 16.2. The van der Waals surface area contributed by atoms with Crippen molar-refractivity contribution in [2.75, 3.05) is 18.4 Å². The second-order valence-electron chi connectivity index (χ2n) is 9.24. The van der Waals surface area contributed by atoms with E-state index in [0.717, 1.165) is 59.3 Å². The molecule has 1 aliphatic carbocycles. The van der Waals surface area contributed by atoms with Crippen molar-refractivity contribution in [1.82, 2.24) is 15.6 Å². The molecule has 36 heavy (non-hydrogen) atoms. The fourth-order valence-corrected chi connectivity index (χ4v) is 4.84. The normalized spacial score (nSPS) is 19.2. The molecule has 1 atom stereocenters. The van der Waals surface area contributed by atoms with E-state index in [2.05, 4.69) is 27.0 Å². The van der Waals surface area contributed by atoms with Crippen LogP contribution in [0.1, 0.15) is 61.8 Å². The number of pyridine rings is 1. The number of hydrogen-bond acceptors (Lipinski definition) is 5. The van der Waals surface area contributed by atoms with Gasteiger partial charge in [-0.15, -0.1) is 0 Å². The number of nitrogens with zero attached hydrogens (tertiary/aromatic N) is 1. The highest BCUT2D eigenvalue weighted by molar-refractivity contribution is 6.00. The van der Waals surface area contributed by atoms with Crippen LogP contribution in [0.3, 0.4) is 0 Å². The summed E-state index contributed by atoms with van der Waals surface area (Å²) >= 11 is 0. The number of rotatable bonds is 7. The Morgan fingerprint density at radius 1 is 1.14 bits per heavy atom. The first-order chi connectivity index (χ1) is 17.5. The van der Waals surface area contributed by atoms with Crippen molar-refractivity contribution in [3.63, 3.8) is 0 Å². The van der Waals surface area contributed by atoms with Gasteiger partial charge < -0.3 is 16.0 Å². The smallest absolute Gasteiger partial charge is 0.315 e. The first kappa shape index (κ1) is 25.4. The summed E-state index contributed by atoms with van der Waals surface area (Å²) in [5.74, 6) is 0.106. The molecule has 2 amide bonds. The second-order valence-corrected chi connectivity index (χ2v) is 9.24. The molecule has 1 aromatic heterocycles. The maximum absolute atomic E-state index is 12.9. The van der Waals surface area contributed by atoms with Gasteiger partial charge in [0.2, 0.25) is 0 Å². The average molecular weight is 487 g/mol. The van der Waals surface area contributed by atoms with Gasteiger partial charge in [-0.3, -0.25) is 14.6 Å². The molecule has 7 heteroatoms. The Bertz CT molecular complexity index is 1170. The minimum atomic E-state index is -0.380. The molecule has 0 saturated heterocycles. The van der Waals surface area contributed by atoms with Crippen molar-refractivity contribution in [3.8, 4) is 0 Å². The summed E-state index contributed by atoms with van der Waals surface area (Å²) in [5, 5.41) is 8.91. The fraction of sp³-hybridized carbons (Fsp3) is 0.379. The lowest BCUT2D eigenvalue weighted by molar-refractivity contribution is -0.116. The number of hydrogen-bond donors (Lipinski definition) is 3. The number of fused-ring (bicyclic) bond motifs is 1. The molecular formula is C29H34N4O3. The van der Waals surface area contributed by atoms with Crippen molar-refractivity contribution in [2.45, 2.75) is 57.9 Å². The Hall–Kier alpha value is -3.74. The van der Waals surface area contributed by atoms with Crippen LogP contribution in [0.5, 0.6) is 0 Å². The van der Waals surface area contributed by atoms with E-state index in [0.29, 0.717) is 25.9 Å². The van der Waals surface area contributed by atoms with E-state index in [1.54, 1.807) is 6.20 Å². The first-order valence-electron chi connectivity index (χ1n) is 12.8. The highest BCUT2D eigenvalue weighted by Crippen LogP contribution is 2.33. The standard InChI is InChI=1S/C29H34N4O3/c1-2-21-11-12-22-17-20(10-13-25(22)31-16-14-27(21)34)18-32-29(36)33-19-28(35)24-8-4-3-7-23(24)26-9-5-6-15-30-26/h5-6,8-11,13,15,17,23,31H,2-4,7,12,14,16,18-19H2,1H3,(H2,32,33,36)/b21-11+. The quantitative estimate of drug-likeness (QED) is 0.531. The minimum absolute atomic E-state index is 0.0172. The third-order valence-electron chi connectivity index (χ3n) is 6.81. The van der Waals surface area contributed by atoms with Gasteiger partial charge >= 0.3 is 6.03 Å². The predicted molar refractivity (Wildman–Crippen MR) is 141 cm³/mol. The van der Waals surface area contributed by atoms with Gasteiger partial charge in [-0.1, -0.05) is 37.3 Å². The van der Waals surface area contributed by atoms with Crippen LogP contribution in [0.15, 0.2) is 65.9 Å². The van der Waals surface area contributed by atoms with Crippen LogP contribution in [-0.2, 0) is 22.6 Å². The maximum Gasteiger partial charge on any atom is 0.315 e. The van der Waals surface area contributed by atoms with Gasteiger partial charge in [-0.05, 0) is 67.0 Å². The first-order valence-corrected chi connectivity index (χ1v) is 12.8. The number of carbonyl (C=O) groups is 3. The van der Waals surface area contributed by atoms with Gasteiger partial charge in [0.25, 0.3) is 0 Å². The van der Waals surface area contributed by atoms with Crippen molar-refractivity contribution in [1.29, 1.82) is 0 Å². The van der Waals surface area contributed by atoms with E-state index in [9.17, 15) is 14.4 Å². The van der Waals surface area contributed by atoms with Crippen molar-refractivity contribution >= 4 is 23.3 Å². The lowest BCUT2D eigenvalue weighted by Gasteiger charge is -2.23. The molecule has 1 aromatic carbocycles. The molecule has 2 heterocycles. The Balaban J connectivity index is 1.32. The number of nitrogens with one attached hydrogen (secondary N) is 3. The van der Waals surface area contributed by atoms with E-state index in [-0.39, 0.29) is 30.1 Å². The zero-order valence-electron chi connectivity index (χ0n) is 20.8. The number of amides is 2. The predicted octanol–water partition coefficient (Wildman–Crippen LogP) is 4.61. The lowest BCUT2D eigenvalue weighted by atomic mass is 9.83. The summed E-state index contributed by atoms with van der Waals surface area (Å²) in [6.07, 6.45) is 10.4. The van der Waals surface area contributed by atoms with Gasteiger partial charge in [-0.25, -0.2) is 4.79 Å². The molecule has 0 saturated carbocycles. The minimum Gasteiger partial charge on any atom is -0.384 e. The number of allylic oxidation sites excluding steroid dienone is 3. The van der Waals surface area contributed by atoms with Gasteiger partial charge in [0.15, 0.2) is 11.6 Å². The van der Waals surface area contributed by atoms with E-state index >= 15 is 0 Å². The van der Waals surface area contributed by atoms with Crippen LogP contribution in [0.25, 0.3) is 0 Å². The average Bonchev–Trinajstić information content (AvgIpc) is 2.99. The molecular weight excluding hydrogens is 452 g/mol. The molecule has 2 aromatic rings. The van der Waals surface area contributed by atoms with Crippen molar-refractivity contribution in [3.05, 3.63) is 82.7 Å². The van der Waals surface area contributed by atoms with Crippen molar-refractivity contribution in [2.24, 2.45) is 0 Å². The number of aromatic nitrogens is 1. The molecule has 0 bridgehead atoms. The van der Waals surface area contributed by atoms with Gasteiger partial charge in [0, 0.05) is 48.6 Å². The molecule has 188 valence electrons. The number of urea groups is 1. The molecule has 0 fully saturated rings. The SMILES string of the molecule is CC/C1=C\Cc2cc(CNC(=O)NCC(=O)C3=CCCCC3c3ccccn3)ccc2NCCC1=O. The molecule has 3 N–H and O–H groups in total. The largest absolute Gasteiger partial charge is 0.384 e. The Morgan fingerprint density at radius 3 is 2.83 bits per heavy atom. The number of benzene rings is 1. The summed E-state index contributed by atoms with van der Waals surface area (Å²) in [7, 11) is 0. The zero-order valence-corrected chi connectivity index (χ0v) is 20.8. The number of Topliss-reactive ketones (excluding diaryl/α,β-unsaturated/α-hetero) is 2. The van der Waals surface area contributed by atoms with E-state index < -0.39 is 0 Å². The van der Waals surface area contributed by atoms with E-state index in [1.807, 2.05) is 49.4 Å². The molecule has 0 radical (unpaired) electrons. The van der Waals surface area contributed by atoms with Crippen LogP contribution in [0, 0.1) is 0 Å². The zero-order chi connectivity index (χ0) is 25.3. The van der Waals surface area contributed by atoms with E-state index in [4.69, 9.17) is 0 Å². The summed E-state index contributed by atoms with van der Waals surface area (Å²) in [6, 6.07) is 11.4. The third kappa shape index (κ3) is 6.47. The van der Waals surface area contributed by atoms with Crippen LogP contribution in [0.2, 0.25) is 0 Å². The Morgan fingerprint density at radius 2 is 2.03 bits per heavy atom. The van der Waals surface area contributed by atoms with E-state index in [1.165, 1.54) is 0 Å². The molecule has 1 aliphatic heterocycles. The van der Waals surface area contributed by atoms with Gasteiger partial charge in [0.1, 0.15) is 0 Å². The molecule has 4 rings (SSSR count). The number of ketones is 2. The van der Waals surface area contributed by atoms with Crippen molar-refractivity contribution < 1.29 is 14.4 Å². The second kappa shape index (κ2) is 12.3. The molecule has 0 spiro atoms. The maximum atomic E-state index is 12.9. The number of carbonyl (C=O) groups excluding carboxylic acids is 3. The third-order valence-corrected chi connectivity index (χ3v) is 6.81. The van der Waals surface area contributed by atoms with Crippen LogP contribution in [0.4, 0.5) is 10.5 Å². The molecule has 2 aliphatic rings. The summed E-state index contributed by atoms with van der Waals surface area (Å²) in [4.78, 5) is 42.0. The fourth-order valence-electron chi connectivity index (χ4n) is 4.84.